The van der Waals surface area contributed by atoms with Gasteiger partial charge in [0.15, 0.2) is 0 Å². The molecular formula is C7H7IO3S. The summed E-state index contributed by atoms with van der Waals surface area (Å²) in [5.41, 5.74) is 0.560. The molecule has 1 N–H and O–H groups in total. The van der Waals surface area contributed by atoms with E-state index in [-0.39, 0.29) is 4.90 Å². The van der Waals surface area contributed by atoms with Crippen LogP contribution in [0, 0.1) is 10.5 Å². The monoisotopic (exact) mass is 298 g/mol. The van der Waals surface area contributed by atoms with Crippen molar-refractivity contribution in [3.63, 3.8) is 0 Å². The van der Waals surface area contributed by atoms with Crippen LogP contribution in [0.4, 0.5) is 0 Å². The van der Waals surface area contributed by atoms with Crippen molar-refractivity contribution in [2.24, 2.45) is 0 Å². The molecule has 1 rings (SSSR count). The van der Waals surface area contributed by atoms with E-state index in [1.165, 1.54) is 6.07 Å². The summed E-state index contributed by atoms with van der Waals surface area (Å²) < 4.78 is 31.1. The molecule has 5 heteroatoms. The molecule has 0 spiro atoms. The molecule has 0 heterocycles. The number of rotatable bonds is 1. The Bertz CT molecular complexity index is 397. The molecule has 0 saturated carbocycles. The molecule has 0 aliphatic carbocycles. The van der Waals surface area contributed by atoms with Gasteiger partial charge in [-0.05, 0) is 53.3 Å². The molecule has 0 aliphatic heterocycles. The first kappa shape index (κ1) is 9.94. The third-order valence-corrected chi connectivity index (χ3v) is 3.10. The minimum absolute atomic E-state index is 0.0251. The van der Waals surface area contributed by atoms with Crippen LogP contribution in [0.2, 0.25) is 0 Å². The van der Waals surface area contributed by atoms with Crippen LogP contribution in [0.1, 0.15) is 5.56 Å². The Morgan fingerprint density at radius 3 is 2.42 bits per heavy atom. The van der Waals surface area contributed by atoms with Crippen LogP contribution in [-0.2, 0) is 10.1 Å². The summed E-state index contributed by atoms with van der Waals surface area (Å²) >= 11 is 2.07. The summed E-state index contributed by atoms with van der Waals surface area (Å²) in [4.78, 5) is -0.0251. The maximum Gasteiger partial charge on any atom is 0.294 e. The lowest BCUT2D eigenvalue weighted by atomic mass is 10.2. The van der Waals surface area contributed by atoms with Gasteiger partial charge in [0.05, 0.1) is 4.90 Å². The van der Waals surface area contributed by atoms with Crippen LogP contribution in [-0.4, -0.2) is 13.0 Å². The molecule has 0 unspecified atom stereocenters. The molecule has 1 aromatic rings. The summed E-state index contributed by atoms with van der Waals surface area (Å²) in [5.74, 6) is 0. The zero-order chi connectivity index (χ0) is 9.35. The van der Waals surface area contributed by atoms with Crippen molar-refractivity contribution in [2.75, 3.05) is 0 Å². The Kier molecular flexibility index (Phi) is 2.74. The van der Waals surface area contributed by atoms with Crippen LogP contribution < -0.4 is 0 Å². The van der Waals surface area contributed by atoms with Gasteiger partial charge in [0.2, 0.25) is 0 Å². The average molecular weight is 298 g/mol. The van der Waals surface area contributed by atoms with Gasteiger partial charge in [-0.1, -0.05) is 0 Å². The van der Waals surface area contributed by atoms with E-state index in [1.807, 2.05) is 0 Å². The predicted octanol–water partition coefficient (Wildman–Crippen LogP) is 1.85. The Morgan fingerprint density at radius 1 is 1.42 bits per heavy atom. The van der Waals surface area contributed by atoms with Gasteiger partial charge in [0.1, 0.15) is 0 Å². The highest BCUT2D eigenvalue weighted by Gasteiger charge is 2.11. The standard InChI is InChI=1S/C7H7IO3S/c1-5-4-6(8)2-3-7(5)12(9,10)11/h2-4H,1H3,(H,9,10,11). The third kappa shape index (κ3) is 2.18. The third-order valence-electron chi connectivity index (χ3n) is 1.41. The lowest BCUT2D eigenvalue weighted by Crippen LogP contribution is -2.00. The van der Waals surface area contributed by atoms with Gasteiger partial charge < -0.3 is 0 Å². The fourth-order valence-electron chi connectivity index (χ4n) is 0.902. The van der Waals surface area contributed by atoms with Crippen molar-refractivity contribution in [3.05, 3.63) is 27.3 Å². The predicted molar refractivity (Wildman–Crippen MR) is 53.7 cm³/mol. The zero-order valence-electron chi connectivity index (χ0n) is 6.28. The lowest BCUT2D eigenvalue weighted by Gasteiger charge is -2.01. The number of halogens is 1. The number of hydrogen-bond donors (Lipinski definition) is 1. The Balaban J connectivity index is 3.39. The SMILES string of the molecule is Cc1cc(I)ccc1S(=O)(=O)O. The molecule has 0 fully saturated rings. The van der Waals surface area contributed by atoms with E-state index >= 15 is 0 Å². The summed E-state index contributed by atoms with van der Waals surface area (Å²) in [7, 11) is -4.05. The summed E-state index contributed by atoms with van der Waals surface area (Å²) in [6.45, 7) is 1.64. The highest BCUT2D eigenvalue weighted by molar-refractivity contribution is 14.1. The largest absolute Gasteiger partial charge is 0.294 e. The first-order valence-electron chi connectivity index (χ1n) is 3.15. The molecule has 0 aromatic heterocycles. The van der Waals surface area contributed by atoms with Gasteiger partial charge in [0.25, 0.3) is 10.1 Å². The van der Waals surface area contributed by atoms with E-state index in [4.69, 9.17) is 4.55 Å². The first-order chi connectivity index (χ1) is 5.41. The van der Waals surface area contributed by atoms with E-state index in [9.17, 15) is 8.42 Å². The molecule has 12 heavy (non-hydrogen) atoms. The quantitative estimate of drug-likeness (QED) is 0.636. The molecule has 0 amide bonds. The minimum Gasteiger partial charge on any atom is -0.282 e. The van der Waals surface area contributed by atoms with Crippen molar-refractivity contribution in [2.45, 2.75) is 11.8 Å². The van der Waals surface area contributed by atoms with Crippen LogP contribution in [0.25, 0.3) is 0 Å². The maximum atomic E-state index is 10.7. The Hall–Kier alpha value is -0.140. The molecular weight excluding hydrogens is 291 g/mol. The van der Waals surface area contributed by atoms with Crippen LogP contribution in [0.5, 0.6) is 0 Å². The van der Waals surface area contributed by atoms with Gasteiger partial charge >= 0.3 is 0 Å². The van der Waals surface area contributed by atoms with Gasteiger partial charge in [0, 0.05) is 3.57 Å². The van der Waals surface area contributed by atoms with Crippen molar-refractivity contribution in [3.8, 4) is 0 Å². The van der Waals surface area contributed by atoms with Crippen molar-refractivity contribution in [1.82, 2.24) is 0 Å². The van der Waals surface area contributed by atoms with Gasteiger partial charge in [-0.3, -0.25) is 4.55 Å². The summed E-state index contributed by atoms with van der Waals surface area (Å²) in [5, 5.41) is 0. The van der Waals surface area contributed by atoms with E-state index in [1.54, 1.807) is 19.1 Å². The van der Waals surface area contributed by atoms with E-state index in [2.05, 4.69) is 22.6 Å². The lowest BCUT2D eigenvalue weighted by molar-refractivity contribution is 0.482. The normalized spacial score (nSPS) is 11.6. The highest BCUT2D eigenvalue weighted by Crippen LogP contribution is 2.17. The fourth-order valence-corrected chi connectivity index (χ4v) is 2.25. The molecule has 0 atom stereocenters. The van der Waals surface area contributed by atoms with Crippen molar-refractivity contribution in [1.29, 1.82) is 0 Å². The molecule has 0 aliphatic rings. The van der Waals surface area contributed by atoms with Gasteiger partial charge in [-0.25, -0.2) is 0 Å². The topological polar surface area (TPSA) is 54.4 Å². The smallest absolute Gasteiger partial charge is 0.282 e. The zero-order valence-corrected chi connectivity index (χ0v) is 9.26. The minimum atomic E-state index is -4.05. The molecule has 3 nitrogen and oxygen atoms in total. The summed E-state index contributed by atoms with van der Waals surface area (Å²) in [6, 6.07) is 4.73. The number of benzene rings is 1. The molecule has 66 valence electrons. The highest BCUT2D eigenvalue weighted by atomic mass is 127. The second-order valence-electron chi connectivity index (χ2n) is 2.38. The van der Waals surface area contributed by atoms with Crippen LogP contribution >= 0.6 is 22.6 Å². The number of hydrogen-bond acceptors (Lipinski definition) is 2. The second kappa shape index (κ2) is 3.31. The van der Waals surface area contributed by atoms with Crippen molar-refractivity contribution >= 4 is 32.7 Å². The van der Waals surface area contributed by atoms with E-state index in [0.717, 1.165) is 3.57 Å². The van der Waals surface area contributed by atoms with Crippen LogP contribution in [0.15, 0.2) is 23.1 Å². The number of aryl methyl sites for hydroxylation is 1. The first-order valence-corrected chi connectivity index (χ1v) is 5.67. The molecule has 0 radical (unpaired) electrons. The van der Waals surface area contributed by atoms with E-state index in [0.29, 0.717) is 5.56 Å². The van der Waals surface area contributed by atoms with Crippen LogP contribution in [0.3, 0.4) is 0 Å². The molecule has 0 saturated heterocycles. The van der Waals surface area contributed by atoms with Crippen molar-refractivity contribution < 1.29 is 13.0 Å². The molecule has 1 aromatic carbocycles. The summed E-state index contributed by atoms with van der Waals surface area (Å²) in [6.07, 6.45) is 0. The van der Waals surface area contributed by atoms with E-state index < -0.39 is 10.1 Å². The second-order valence-corrected chi connectivity index (χ2v) is 5.02. The van der Waals surface area contributed by atoms with Gasteiger partial charge in [-0.15, -0.1) is 0 Å². The fraction of sp³-hybridized carbons (Fsp3) is 0.143. The average Bonchev–Trinajstić information content (AvgIpc) is 1.83. The van der Waals surface area contributed by atoms with Gasteiger partial charge in [-0.2, -0.15) is 8.42 Å². The molecule has 0 bridgehead atoms. The Morgan fingerprint density at radius 2 is 2.00 bits per heavy atom. The Labute approximate surface area is 84.7 Å². The maximum absolute atomic E-state index is 10.7.